The molecule has 0 aliphatic heterocycles. The second-order valence-corrected chi connectivity index (χ2v) is 9.06. The molecule has 0 saturated heterocycles. The van der Waals surface area contributed by atoms with Gasteiger partial charge in [-0.3, -0.25) is 0 Å². The first-order chi connectivity index (χ1) is 12.9. The lowest BCUT2D eigenvalue weighted by Crippen LogP contribution is -2.20. The third-order valence-electron chi connectivity index (χ3n) is 4.79. The first kappa shape index (κ1) is 18.9. The molecule has 1 heteroatoms. The molecule has 0 N–H and O–H groups in total. The SMILES string of the molecule is CCCCCCCc1ccc(P(c2ccccc2)c2ccccc2)cc1. The average Bonchev–Trinajstić information content (AvgIpc) is 2.71. The molecule has 0 bridgehead atoms. The van der Waals surface area contributed by atoms with Crippen molar-refractivity contribution in [2.45, 2.75) is 45.4 Å². The van der Waals surface area contributed by atoms with E-state index >= 15 is 0 Å². The molecule has 26 heavy (non-hydrogen) atoms. The van der Waals surface area contributed by atoms with Crippen LogP contribution in [-0.2, 0) is 6.42 Å². The van der Waals surface area contributed by atoms with Crippen molar-refractivity contribution in [3.63, 3.8) is 0 Å². The van der Waals surface area contributed by atoms with Crippen LogP contribution in [0.4, 0.5) is 0 Å². The highest BCUT2D eigenvalue weighted by Gasteiger charge is 2.15. The predicted octanol–water partition coefficient (Wildman–Crippen LogP) is 5.96. The molecule has 0 atom stereocenters. The molecule has 3 aromatic rings. The van der Waals surface area contributed by atoms with Gasteiger partial charge < -0.3 is 0 Å². The second kappa shape index (κ2) is 10.3. The van der Waals surface area contributed by atoms with Crippen molar-refractivity contribution in [3.05, 3.63) is 90.5 Å². The van der Waals surface area contributed by atoms with Gasteiger partial charge in [-0.2, -0.15) is 0 Å². The number of benzene rings is 3. The van der Waals surface area contributed by atoms with E-state index in [1.807, 2.05) is 0 Å². The average molecular weight is 360 g/mol. The molecular formula is C25H29P. The van der Waals surface area contributed by atoms with Crippen LogP contribution in [0.15, 0.2) is 84.9 Å². The molecule has 3 aromatic carbocycles. The van der Waals surface area contributed by atoms with Crippen molar-refractivity contribution in [2.24, 2.45) is 0 Å². The lowest BCUT2D eigenvalue weighted by Gasteiger charge is -2.19. The summed E-state index contributed by atoms with van der Waals surface area (Å²) >= 11 is 0. The summed E-state index contributed by atoms with van der Waals surface area (Å²) in [6.07, 6.45) is 7.94. The monoisotopic (exact) mass is 360 g/mol. The third-order valence-corrected chi connectivity index (χ3v) is 7.24. The summed E-state index contributed by atoms with van der Waals surface area (Å²) in [6, 6.07) is 31.3. The van der Waals surface area contributed by atoms with Gasteiger partial charge in [0.15, 0.2) is 0 Å². The van der Waals surface area contributed by atoms with Crippen LogP contribution in [0.1, 0.15) is 44.6 Å². The van der Waals surface area contributed by atoms with Crippen LogP contribution in [-0.4, -0.2) is 0 Å². The van der Waals surface area contributed by atoms with E-state index in [9.17, 15) is 0 Å². The second-order valence-electron chi connectivity index (χ2n) is 6.84. The Balaban J connectivity index is 1.75. The van der Waals surface area contributed by atoms with Crippen molar-refractivity contribution >= 4 is 23.8 Å². The minimum absolute atomic E-state index is 0.479. The van der Waals surface area contributed by atoms with E-state index in [0.717, 1.165) is 0 Å². The molecule has 0 aliphatic rings. The third kappa shape index (κ3) is 5.29. The van der Waals surface area contributed by atoms with Gasteiger partial charge >= 0.3 is 0 Å². The summed E-state index contributed by atoms with van der Waals surface area (Å²) < 4.78 is 0. The van der Waals surface area contributed by atoms with Crippen molar-refractivity contribution in [2.75, 3.05) is 0 Å². The first-order valence-electron chi connectivity index (χ1n) is 9.87. The first-order valence-corrected chi connectivity index (χ1v) is 11.2. The van der Waals surface area contributed by atoms with Gasteiger partial charge in [0.25, 0.3) is 0 Å². The Morgan fingerprint density at radius 3 is 1.58 bits per heavy atom. The van der Waals surface area contributed by atoms with Crippen molar-refractivity contribution in [1.29, 1.82) is 0 Å². The maximum absolute atomic E-state index is 2.35. The maximum Gasteiger partial charge on any atom is -0.0134 e. The summed E-state index contributed by atoms with van der Waals surface area (Å²) in [4.78, 5) is 0. The molecule has 0 nitrogen and oxygen atoms in total. The molecule has 0 saturated carbocycles. The van der Waals surface area contributed by atoms with E-state index in [-0.39, 0.29) is 0 Å². The molecule has 134 valence electrons. The van der Waals surface area contributed by atoms with Gasteiger partial charge in [0, 0.05) is 0 Å². The van der Waals surface area contributed by atoms with Crippen LogP contribution >= 0.6 is 7.92 Å². The maximum atomic E-state index is 2.35. The molecule has 3 rings (SSSR count). The molecule has 0 fully saturated rings. The van der Waals surface area contributed by atoms with E-state index in [0.29, 0.717) is 0 Å². The Morgan fingerprint density at radius 2 is 1.04 bits per heavy atom. The lowest BCUT2D eigenvalue weighted by atomic mass is 10.1. The van der Waals surface area contributed by atoms with E-state index in [1.54, 1.807) is 0 Å². The minimum atomic E-state index is -0.479. The largest absolute Gasteiger partial charge is 0.0654 e. The number of hydrogen-bond acceptors (Lipinski definition) is 0. The summed E-state index contributed by atoms with van der Waals surface area (Å²) in [6.45, 7) is 2.27. The fraction of sp³-hybridized carbons (Fsp3) is 0.280. The van der Waals surface area contributed by atoms with Crippen LogP contribution in [0.2, 0.25) is 0 Å². The molecule has 0 heterocycles. The topological polar surface area (TPSA) is 0 Å². The van der Waals surface area contributed by atoms with Crippen LogP contribution in [0.3, 0.4) is 0 Å². The quantitative estimate of drug-likeness (QED) is 0.326. The summed E-state index contributed by atoms with van der Waals surface area (Å²) in [5, 5.41) is 4.27. The van der Waals surface area contributed by atoms with Crippen molar-refractivity contribution in [3.8, 4) is 0 Å². The Morgan fingerprint density at radius 1 is 0.538 bits per heavy atom. The van der Waals surface area contributed by atoms with E-state index < -0.39 is 7.92 Å². The number of hydrogen-bond donors (Lipinski definition) is 0. The fourth-order valence-electron chi connectivity index (χ4n) is 3.35. The standard InChI is InChI=1S/C25H29P/c1-2-3-4-5-8-13-22-18-20-25(21-19-22)26(23-14-9-6-10-15-23)24-16-11-7-12-17-24/h6-7,9-12,14-21H,2-5,8,13H2,1H3. The van der Waals surface area contributed by atoms with Gasteiger partial charge in [0.1, 0.15) is 0 Å². The number of unbranched alkanes of at least 4 members (excludes halogenated alkanes) is 4. The Hall–Kier alpha value is -1.91. The fourth-order valence-corrected chi connectivity index (χ4v) is 5.63. The Labute approximate surface area is 160 Å². The van der Waals surface area contributed by atoms with Gasteiger partial charge in [-0.1, -0.05) is 118 Å². The van der Waals surface area contributed by atoms with Gasteiger partial charge in [-0.05, 0) is 42.2 Å². The predicted molar refractivity (Wildman–Crippen MR) is 118 cm³/mol. The molecule has 0 aromatic heterocycles. The summed E-state index contributed by atoms with van der Waals surface area (Å²) in [5.41, 5.74) is 1.47. The molecule has 0 amide bonds. The normalized spacial score (nSPS) is 11.0. The van der Waals surface area contributed by atoms with Gasteiger partial charge in [0.2, 0.25) is 0 Å². The highest BCUT2D eigenvalue weighted by Crippen LogP contribution is 2.32. The van der Waals surface area contributed by atoms with Gasteiger partial charge in [-0.25, -0.2) is 0 Å². The van der Waals surface area contributed by atoms with Gasteiger partial charge in [-0.15, -0.1) is 0 Å². The van der Waals surface area contributed by atoms with E-state index in [1.165, 1.54) is 60.0 Å². The van der Waals surface area contributed by atoms with Crippen LogP contribution in [0.5, 0.6) is 0 Å². The van der Waals surface area contributed by atoms with Gasteiger partial charge in [0.05, 0.1) is 0 Å². The zero-order valence-corrected chi connectivity index (χ0v) is 16.7. The summed E-state index contributed by atoms with van der Waals surface area (Å²) in [7, 11) is -0.479. The zero-order chi connectivity index (χ0) is 18.0. The zero-order valence-electron chi connectivity index (χ0n) is 15.8. The van der Waals surface area contributed by atoms with Crippen LogP contribution < -0.4 is 15.9 Å². The van der Waals surface area contributed by atoms with Crippen molar-refractivity contribution < 1.29 is 0 Å². The molecule has 0 aliphatic carbocycles. The number of aryl methyl sites for hydroxylation is 1. The highest BCUT2D eigenvalue weighted by molar-refractivity contribution is 7.79. The molecular weight excluding hydrogens is 331 g/mol. The van der Waals surface area contributed by atoms with Crippen LogP contribution in [0, 0.1) is 0 Å². The summed E-state index contributed by atoms with van der Waals surface area (Å²) in [5.74, 6) is 0. The smallest absolute Gasteiger partial charge is 0.0134 e. The molecule has 0 unspecified atom stereocenters. The van der Waals surface area contributed by atoms with E-state index in [2.05, 4.69) is 91.9 Å². The van der Waals surface area contributed by atoms with E-state index in [4.69, 9.17) is 0 Å². The minimum Gasteiger partial charge on any atom is -0.0654 e. The molecule has 0 radical (unpaired) electrons. The molecule has 0 spiro atoms. The highest BCUT2D eigenvalue weighted by atomic mass is 31.1. The Kier molecular flexibility index (Phi) is 7.47. The Bertz CT molecular complexity index is 708. The lowest BCUT2D eigenvalue weighted by molar-refractivity contribution is 0.632. The van der Waals surface area contributed by atoms with Crippen molar-refractivity contribution in [1.82, 2.24) is 0 Å². The van der Waals surface area contributed by atoms with Crippen LogP contribution in [0.25, 0.3) is 0 Å². The number of rotatable bonds is 9.